The number of benzene rings is 2. The molecule has 0 saturated carbocycles. The molecule has 0 aliphatic carbocycles. The second kappa shape index (κ2) is 8.75. The van der Waals surface area contributed by atoms with Crippen LogP contribution in [0.2, 0.25) is 18.1 Å². The molecule has 0 unspecified atom stereocenters. The first-order chi connectivity index (χ1) is 14.5. The summed E-state index contributed by atoms with van der Waals surface area (Å²) in [5, 5.41) is 5.76. The van der Waals surface area contributed by atoms with Crippen LogP contribution < -0.4 is 19.8 Å². The van der Waals surface area contributed by atoms with E-state index in [4.69, 9.17) is 9.16 Å². The predicted molar refractivity (Wildman–Crippen MR) is 126 cm³/mol. The molecule has 31 heavy (non-hydrogen) atoms. The quantitative estimate of drug-likeness (QED) is 0.343. The minimum atomic E-state index is -1.91. The molecule has 0 saturated heterocycles. The summed E-state index contributed by atoms with van der Waals surface area (Å²) < 4.78 is 12.0. The molecule has 6 nitrogen and oxygen atoms in total. The molecule has 0 radical (unpaired) electrons. The molecule has 0 bridgehead atoms. The molecule has 1 aliphatic rings. The van der Waals surface area contributed by atoms with E-state index in [1.807, 2.05) is 18.2 Å². The van der Waals surface area contributed by atoms with Gasteiger partial charge in [0.1, 0.15) is 11.5 Å². The van der Waals surface area contributed by atoms with Crippen molar-refractivity contribution in [2.75, 3.05) is 19.0 Å². The minimum Gasteiger partial charge on any atom is -0.543 e. The van der Waals surface area contributed by atoms with Gasteiger partial charge in [0.15, 0.2) is 0 Å². The third kappa shape index (κ3) is 4.93. The molecule has 0 aromatic heterocycles. The molecule has 1 heterocycles. The van der Waals surface area contributed by atoms with Crippen molar-refractivity contribution in [2.24, 2.45) is 0 Å². The molecule has 7 heteroatoms. The van der Waals surface area contributed by atoms with Crippen molar-refractivity contribution in [1.82, 2.24) is 5.32 Å². The Labute approximate surface area is 185 Å². The SMILES string of the molecule is COc1cc(O[Si](C)(C)C(C)(C)C)ccc1CCCNc1cccc2c1C(=O)NC2=O. The van der Waals surface area contributed by atoms with E-state index < -0.39 is 8.32 Å². The van der Waals surface area contributed by atoms with Crippen molar-refractivity contribution in [2.45, 2.75) is 51.7 Å². The van der Waals surface area contributed by atoms with Crippen molar-refractivity contribution in [1.29, 1.82) is 0 Å². The van der Waals surface area contributed by atoms with E-state index in [2.05, 4.69) is 50.6 Å². The van der Waals surface area contributed by atoms with E-state index in [-0.39, 0.29) is 16.9 Å². The lowest BCUT2D eigenvalue weighted by Crippen LogP contribution is -2.43. The summed E-state index contributed by atoms with van der Waals surface area (Å²) in [6.07, 6.45) is 1.66. The number of ether oxygens (including phenoxy) is 1. The molecule has 1 aliphatic heterocycles. The van der Waals surface area contributed by atoms with Crippen LogP contribution in [-0.2, 0) is 6.42 Å². The van der Waals surface area contributed by atoms with Crippen LogP contribution in [0.25, 0.3) is 0 Å². The van der Waals surface area contributed by atoms with Gasteiger partial charge in [0.05, 0.1) is 18.2 Å². The van der Waals surface area contributed by atoms with Crippen LogP contribution in [0.5, 0.6) is 11.5 Å². The van der Waals surface area contributed by atoms with E-state index in [1.165, 1.54) is 0 Å². The smallest absolute Gasteiger partial charge is 0.261 e. The van der Waals surface area contributed by atoms with Gasteiger partial charge in [-0.05, 0) is 54.7 Å². The third-order valence-corrected chi connectivity index (χ3v) is 10.5. The third-order valence-electron chi connectivity index (χ3n) is 6.14. The highest BCUT2D eigenvalue weighted by molar-refractivity contribution is 6.74. The average Bonchev–Trinajstić information content (AvgIpc) is 2.99. The number of methoxy groups -OCH3 is 1. The fourth-order valence-electron chi connectivity index (χ4n) is 3.31. The normalized spacial score (nSPS) is 13.6. The zero-order chi connectivity index (χ0) is 22.8. The number of rotatable bonds is 8. The number of carbonyl (C=O) groups excluding carboxylic acids is 2. The Kier molecular flexibility index (Phi) is 6.45. The van der Waals surface area contributed by atoms with Gasteiger partial charge in [0.25, 0.3) is 11.8 Å². The van der Waals surface area contributed by atoms with Crippen LogP contribution in [0.15, 0.2) is 36.4 Å². The standard InChI is InChI=1S/C24H32N2O4Si/c1-24(2,3)31(5,6)30-17-13-12-16(20(15-17)29-4)9-8-14-25-19-11-7-10-18-21(19)23(28)26-22(18)27/h7,10-13,15,25H,8-9,14H2,1-6H3,(H,26,27,28). The Morgan fingerprint density at radius 2 is 1.81 bits per heavy atom. The van der Waals surface area contributed by atoms with Gasteiger partial charge in [0.2, 0.25) is 8.32 Å². The van der Waals surface area contributed by atoms with Crippen molar-refractivity contribution in [3.8, 4) is 11.5 Å². The molecule has 2 N–H and O–H groups in total. The number of carbonyl (C=O) groups is 2. The lowest BCUT2D eigenvalue weighted by atomic mass is 10.1. The Morgan fingerprint density at radius 3 is 2.48 bits per heavy atom. The first-order valence-electron chi connectivity index (χ1n) is 10.6. The maximum Gasteiger partial charge on any atom is 0.261 e. The van der Waals surface area contributed by atoms with E-state index in [0.29, 0.717) is 23.4 Å². The van der Waals surface area contributed by atoms with Gasteiger partial charge < -0.3 is 14.5 Å². The van der Waals surface area contributed by atoms with Gasteiger partial charge >= 0.3 is 0 Å². The minimum absolute atomic E-state index is 0.129. The second-order valence-corrected chi connectivity index (χ2v) is 14.1. The number of imide groups is 1. The molecule has 0 atom stereocenters. The Balaban J connectivity index is 1.62. The van der Waals surface area contributed by atoms with Crippen LogP contribution in [-0.4, -0.2) is 33.8 Å². The topological polar surface area (TPSA) is 76.7 Å². The zero-order valence-electron chi connectivity index (χ0n) is 19.2. The molecule has 3 rings (SSSR count). The largest absolute Gasteiger partial charge is 0.543 e. The number of hydrogen-bond acceptors (Lipinski definition) is 5. The summed E-state index contributed by atoms with van der Waals surface area (Å²) in [7, 11) is -0.232. The highest BCUT2D eigenvalue weighted by Crippen LogP contribution is 2.38. The van der Waals surface area contributed by atoms with Gasteiger partial charge in [-0.3, -0.25) is 14.9 Å². The first-order valence-corrected chi connectivity index (χ1v) is 13.5. The summed E-state index contributed by atoms with van der Waals surface area (Å²) in [5.74, 6) is 0.984. The van der Waals surface area contributed by atoms with Gasteiger partial charge in [0, 0.05) is 18.3 Å². The maximum atomic E-state index is 12.0. The predicted octanol–water partition coefficient (Wildman–Crippen LogP) is 5.01. The number of fused-ring (bicyclic) bond motifs is 1. The fourth-order valence-corrected chi connectivity index (χ4v) is 4.33. The number of hydrogen-bond donors (Lipinski definition) is 2. The number of nitrogens with one attached hydrogen (secondary N) is 2. The van der Waals surface area contributed by atoms with Crippen LogP contribution in [0.3, 0.4) is 0 Å². The molecule has 0 fully saturated rings. The summed E-state index contributed by atoms with van der Waals surface area (Å²) >= 11 is 0. The van der Waals surface area contributed by atoms with Crippen molar-refractivity contribution in [3.05, 3.63) is 53.1 Å². The van der Waals surface area contributed by atoms with Crippen LogP contribution in [0, 0.1) is 0 Å². The first kappa shape index (κ1) is 22.9. The monoisotopic (exact) mass is 440 g/mol. The molecule has 2 amide bonds. The fraction of sp³-hybridized carbons (Fsp3) is 0.417. The van der Waals surface area contributed by atoms with E-state index in [1.54, 1.807) is 19.2 Å². The molecular formula is C24H32N2O4Si. The molecule has 0 spiro atoms. The highest BCUT2D eigenvalue weighted by atomic mass is 28.4. The Bertz CT molecular complexity index is 996. The highest BCUT2D eigenvalue weighted by Gasteiger charge is 2.39. The summed E-state index contributed by atoms with van der Waals surface area (Å²) in [6.45, 7) is 11.8. The summed E-state index contributed by atoms with van der Waals surface area (Å²) in [6, 6.07) is 11.3. The van der Waals surface area contributed by atoms with E-state index in [9.17, 15) is 9.59 Å². The Hall–Kier alpha value is -2.80. The Morgan fingerprint density at radius 1 is 1.06 bits per heavy atom. The summed E-state index contributed by atoms with van der Waals surface area (Å²) in [4.78, 5) is 23.8. The molecule has 166 valence electrons. The summed E-state index contributed by atoms with van der Waals surface area (Å²) in [5.41, 5.74) is 2.65. The van der Waals surface area contributed by atoms with E-state index >= 15 is 0 Å². The number of aryl methyl sites for hydroxylation is 1. The second-order valence-electron chi connectivity index (χ2n) is 9.38. The zero-order valence-corrected chi connectivity index (χ0v) is 20.2. The van der Waals surface area contributed by atoms with Crippen molar-refractivity contribution in [3.63, 3.8) is 0 Å². The van der Waals surface area contributed by atoms with Gasteiger partial charge in [-0.1, -0.05) is 32.9 Å². The maximum absolute atomic E-state index is 12.0. The van der Waals surface area contributed by atoms with Gasteiger partial charge in [-0.25, -0.2) is 0 Å². The number of anilines is 1. The van der Waals surface area contributed by atoms with Gasteiger partial charge in [-0.2, -0.15) is 0 Å². The molecular weight excluding hydrogens is 408 g/mol. The lowest BCUT2D eigenvalue weighted by molar-refractivity contribution is 0.0880. The van der Waals surface area contributed by atoms with E-state index in [0.717, 1.165) is 29.9 Å². The van der Waals surface area contributed by atoms with Crippen LogP contribution >= 0.6 is 0 Å². The van der Waals surface area contributed by atoms with Gasteiger partial charge in [-0.15, -0.1) is 0 Å². The average molecular weight is 441 g/mol. The van der Waals surface area contributed by atoms with Crippen LogP contribution in [0.4, 0.5) is 5.69 Å². The molecule has 2 aromatic carbocycles. The van der Waals surface area contributed by atoms with Crippen LogP contribution in [0.1, 0.15) is 53.5 Å². The molecule has 2 aromatic rings. The van der Waals surface area contributed by atoms with Crippen molar-refractivity contribution < 1.29 is 18.8 Å². The lowest BCUT2D eigenvalue weighted by Gasteiger charge is -2.36. The van der Waals surface area contributed by atoms with Crippen molar-refractivity contribution >= 4 is 25.8 Å². The number of amides is 2.